The largest absolute Gasteiger partial charge is 0.307 e. The van der Waals surface area contributed by atoms with E-state index in [2.05, 4.69) is 17.2 Å². The van der Waals surface area contributed by atoms with Gasteiger partial charge in [0.1, 0.15) is 5.65 Å². The lowest BCUT2D eigenvalue weighted by Gasteiger charge is -2.07. The Labute approximate surface area is 111 Å². The highest BCUT2D eigenvalue weighted by Gasteiger charge is 2.33. The average molecular weight is 256 g/mol. The predicted molar refractivity (Wildman–Crippen MR) is 70.4 cm³/mol. The number of nitrogens with two attached hydrogens (primary N) is 1. The van der Waals surface area contributed by atoms with E-state index in [1.807, 2.05) is 16.7 Å². The van der Waals surface area contributed by atoms with Crippen molar-refractivity contribution in [1.29, 1.82) is 0 Å². The van der Waals surface area contributed by atoms with Gasteiger partial charge in [-0.1, -0.05) is 6.07 Å². The second-order valence-electron chi connectivity index (χ2n) is 5.54. The first-order chi connectivity index (χ1) is 9.22. The number of hydrogen-bond donors (Lipinski definition) is 1. The Bertz CT molecular complexity index is 659. The Balaban J connectivity index is 1.73. The molecule has 0 aromatic carbocycles. The average Bonchev–Trinajstić information content (AvgIpc) is 3.10. The number of carbonyl (C=O) groups is 1. The monoisotopic (exact) mass is 256 g/mol. The van der Waals surface area contributed by atoms with Gasteiger partial charge in [0.25, 0.3) is 0 Å². The van der Waals surface area contributed by atoms with Gasteiger partial charge in [-0.3, -0.25) is 9.80 Å². The van der Waals surface area contributed by atoms with Gasteiger partial charge in [0, 0.05) is 18.9 Å². The summed E-state index contributed by atoms with van der Waals surface area (Å²) in [6.45, 7) is 0.616. The molecule has 1 saturated carbocycles. The van der Waals surface area contributed by atoms with Crippen molar-refractivity contribution in [2.75, 3.05) is 6.54 Å². The molecule has 1 saturated heterocycles. The molecular formula is C14H16N4O. The van der Waals surface area contributed by atoms with E-state index >= 15 is 0 Å². The normalized spacial score (nSPS) is 23.5. The molecule has 4 rings (SSSR count). The highest BCUT2D eigenvalue weighted by atomic mass is 16.2. The summed E-state index contributed by atoms with van der Waals surface area (Å²) >= 11 is 0. The number of nitrogens with zero attached hydrogens (tertiary/aromatic N) is 3. The number of aromatic nitrogens is 2. The van der Waals surface area contributed by atoms with Crippen LogP contribution in [0.4, 0.5) is 0 Å². The third-order valence-corrected chi connectivity index (χ3v) is 4.14. The van der Waals surface area contributed by atoms with Crippen LogP contribution in [0, 0.1) is 0 Å². The van der Waals surface area contributed by atoms with E-state index in [-0.39, 0.29) is 11.8 Å². The Hall–Kier alpha value is -1.88. The zero-order valence-corrected chi connectivity index (χ0v) is 10.6. The number of carbonyl (C=O) groups excluding carboxylic acids is 1. The predicted octanol–water partition coefficient (Wildman–Crippen LogP) is 1.40. The van der Waals surface area contributed by atoms with Crippen LogP contribution in [0.2, 0.25) is 0 Å². The van der Waals surface area contributed by atoms with Crippen molar-refractivity contribution in [3.63, 3.8) is 0 Å². The van der Waals surface area contributed by atoms with Crippen LogP contribution in [0.15, 0.2) is 24.5 Å². The summed E-state index contributed by atoms with van der Waals surface area (Å²) in [5.74, 6) is 6.15. The van der Waals surface area contributed by atoms with Gasteiger partial charge in [0.15, 0.2) is 0 Å². The van der Waals surface area contributed by atoms with Crippen LogP contribution >= 0.6 is 0 Å². The second kappa shape index (κ2) is 3.81. The van der Waals surface area contributed by atoms with Crippen LogP contribution in [0.1, 0.15) is 42.4 Å². The molecule has 2 aliphatic rings. The van der Waals surface area contributed by atoms with E-state index in [0.717, 1.165) is 23.7 Å². The summed E-state index contributed by atoms with van der Waals surface area (Å²) in [4.78, 5) is 16.5. The number of fused-ring (bicyclic) bond motifs is 1. The Kier molecular flexibility index (Phi) is 2.20. The van der Waals surface area contributed by atoms with Gasteiger partial charge in [0.2, 0.25) is 5.91 Å². The molecule has 5 nitrogen and oxygen atoms in total. The highest BCUT2D eigenvalue weighted by molar-refractivity contribution is 5.84. The quantitative estimate of drug-likeness (QED) is 0.652. The molecule has 3 heterocycles. The van der Waals surface area contributed by atoms with Crippen molar-refractivity contribution >= 4 is 11.6 Å². The summed E-state index contributed by atoms with van der Waals surface area (Å²) in [5.41, 5.74) is 3.11. The van der Waals surface area contributed by atoms with Gasteiger partial charge in [0.05, 0.1) is 11.6 Å². The number of imidazole rings is 1. The molecular weight excluding hydrogens is 240 g/mol. The topological polar surface area (TPSA) is 63.6 Å². The van der Waals surface area contributed by atoms with Crippen molar-refractivity contribution in [3.8, 4) is 0 Å². The Morgan fingerprint density at radius 3 is 2.74 bits per heavy atom. The number of hydrogen-bond acceptors (Lipinski definition) is 3. The zero-order valence-electron chi connectivity index (χ0n) is 10.6. The fourth-order valence-electron chi connectivity index (χ4n) is 2.83. The molecule has 1 aliphatic heterocycles. The minimum absolute atomic E-state index is 0.0224. The van der Waals surface area contributed by atoms with Crippen molar-refractivity contribution in [2.24, 2.45) is 5.84 Å². The van der Waals surface area contributed by atoms with Crippen LogP contribution in [0.3, 0.4) is 0 Å². The third-order valence-electron chi connectivity index (χ3n) is 4.14. The van der Waals surface area contributed by atoms with Crippen molar-refractivity contribution < 1.29 is 4.79 Å². The Morgan fingerprint density at radius 2 is 2.05 bits per heavy atom. The SMILES string of the molecule is NN1CCC(c2cn3cc(C4CC4)ccc3n2)C1=O. The van der Waals surface area contributed by atoms with Gasteiger partial charge in [-0.05, 0) is 36.8 Å². The third kappa shape index (κ3) is 1.73. The van der Waals surface area contributed by atoms with E-state index < -0.39 is 0 Å². The molecule has 98 valence electrons. The molecule has 0 bridgehead atoms. The maximum absolute atomic E-state index is 11.9. The van der Waals surface area contributed by atoms with Crippen LogP contribution in [0.25, 0.3) is 5.65 Å². The fraction of sp³-hybridized carbons (Fsp3) is 0.429. The summed E-state index contributed by atoms with van der Waals surface area (Å²) in [5, 5.41) is 1.30. The van der Waals surface area contributed by atoms with Gasteiger partial charge in [-0.2, -0.15) is 0 Å². The van der Waals surface area contributed by atoms with Crippen LogP contribution < -0.4 is 5.84 Å². The maximum atomic E-state index is 11.9. The van der Waals surface area contributed by atoms with Gasteiger partial charge < -0.3 is 4.40 Å². The van der Waals surface area contributed by atoms with Crippen LogP contribution in [-0.4, -0.2) is 26.8 Å². The molecule has 1 atom stereocenters. The van der Waals surface area contributed by atoms with E-state index in [9.17, 15) is 4.79 Å². The lowest BCUT2D eigenvalue weighted by atomic mass is 10.1. The summed E-state index contributed by atoms with van der Waals surface area (Å²) < 4.78 is 2.04. The van der Waals surface area contributed by atoms with Gasteiger partial charge >= 0.3 is 0 Å². The first kappa shape index (κ1) is 11.0. The number of hydrazine groups is 1. The van der Waals surface area contributed by atoms with E-state index in [1.54, 1.807) is 0 Å². The molecule has 0 radical (unpaired) electrons. The van der Waals surface area contributed by atoms with Gasteiger partial charge in [-0.25, -0.2) is 10.8 Å². The minimum Gasteiger partial charge on any atom is -0.307 e. The number of amides is 1. The first-order valence-electron chi connectivity index (χ1n) is 6.77. The van der Waals surface area contributed by atoms with Crippen molar-refractivity contribution in [1.82, 2.24) is 14.4 Å². The molecule has 1 aliphatic carbocycles. The molecule has 19 heavy (non-hydrogen) atoms. The van der Waals surface area contributed by atoms with E-state index in [0.29, 0.717) is 6.54 Å². The molecule has 1 unspecified atom stereocenters. The zero-order chi connectivity index (χ0) is 13.0. The summed E-state index contributed by atoms with van der Waals surface area (Å²) in [7, 11) is 0. The Morgan fingerprint density at radius 1 is 1.21 bits per heavy atom. The number of rotatable bonds is 2. The second-order valence-corrected chi connectivity index (χ2v) is 5.54. The lowest BCUT2D eigenvalue weighted by molar-refractivity contribution is -0.129. The molecule has 2 fully saturated rings. The minimum atomic E-state index is -0.172. The molecule has 2 aromatic rings. The molecule has 2 aromatic heterocycles. The van der Waals surface area contributed by atoms with Crippen LogP contribution in [-0.2, 0) is 4.79 Å². The highest BCUT2D eigenvalue weighted by Crippen LogP contribution is 2.40. The standard InChI is InChI=1S/C14H16N4O/c15-18-6-5-11(14(18)19)12-8-17-7-10(9-1-2-9)3-4-13(17)16-12/h3-4,7-9,11H,1-2,5-6,15H2. The van der Waals surface area contributed by atoms with E-state index in [4.69, 9.17) is 5.84 Å². The number of pyridine rings is 1. The summed E-state index contributed by atoms with van der Waals surface area (Å²) in [6.07, 6.45) is 7.45. The molecule has 2 N–H and O–H groups in total. The van der Waals surface area contributed by atoms with E-state index in [1.165, 1.54) is 23.4 Å². The smallest absolute Gasteiger partial charge is 0.245 e. The van der Waals surface area contributed by atoms with Crippen molar-refractivity contribution in [3.05, 3.63) is 35.8 Å². The van der Waals surface area contributed by atoms with Crippen molar-refractivity contribution in [2.45, 2.75) is 31.1 Å². The summed E-state index contributed by atoms with van der Waals surface area (Å²) in [6, 6.07) is 4.19. The molecule has 0 spiro atoms. The molecule has 5 heteroatoms. The first-order valence-corrected chi connectivity index (χ1v) is 6.77. The molecule has 1 amide bonds. The van der Waals surface area contributed by atoms with Crippen LogP contribution in [0.5, 0.6) is 0 Å². The fourth-order valence-corrected chi connectivity index (χ4v) is 2.83. The maximum Gasteiger partial charge on any atom is 0.245 e. The van der Waals surface area contributed by atoms with Gasteiger partial charge in [-0.15, -0.1) is 0 Å². The lowest BCUT2D eigenvalue weighted by Crippen LogP contribution is -2.33.